The molecule has 1 heterocycles. The number of likely N-dealkylation sites (N-methyl/N-ethyl adjacent to an activating group) is 1. The summed E-state index contributed by atoms with van der Waals surface area (Å²) in [5.74, 6) is 1.07. The number of rotatable bonds is 4. The molecule has 1 aromatic heterocycles. The first-order valence-corrected chi connectivity index (χ1v) is 6.39. The van der Waals surface area contributed by atoms with Crippen molar-refractivity contribution in [1.29, 1.82) is 0 Å². The third kappa shape index (κ3) is 2.74. The number of nitrogens with zero attached hydrogens (tertiary/aromatic N) is 2. The normalized spacial score (nSPS) is 12.7. The maximum atomic E-state index is 6.00. The molecule has 0 aliphatic carbocycles. The zero-order chi connectivity index (χ0) is 13.1. The molecule has 1 N–H and O–H groups in total. The summed E-state index contributed by atoms with van der Waals surface area (Å²) < 4.78 is 2.05. The minimum absolute atomic E-state index is 0.253. The molecule has 0 saturated heterocycles. The Labute approximate surface area is 113 Å². The van der Waals surface area contributed by atoms with Gasteiger partial charge in [0.2, 0.25) is 0 Å². The highest BCUT2D eigenvalue weighted by Gasteiger charge is 2.14. The van der Waals surface area contributed by atoms with Crippen molar-refractivity contribution >= 4 is 11.6 Å². The molecule has 0 aliphatic heterocycles. The number of imidazole rings is 1. The number of benzene rings is 1. The average Bonchev–Trinajstić information content (AvgIpc) is 2.73. The van der Waals surface area contributed by atoms with Crippen LogP contribution in [0.1, 0.15) is 23.0 Å². The van der Waals surface area contributed by atoms with Crippen molar-refractivity contribution in [2.45, 2.75) is 19.4 Å². The second-order valence-corrected chi connectivity index (χ2v) is 4.94. The minimum atomic E-state index is 0.253. The molecule has 96 valence electrons. The van der Waals surface area contributed by atoms with Gasteiger partial charge in [-0.15, -0.1) is 0 Å². The Balaban J connectivity index is 2.26. The van der Waals surface area contributed by atoms with E-state index in [4.69, 9.17) is 11.6 Å². The maximum absolute atomic E-state index is 6.00. The summed E-state index contributed by atoms with van der Waals surface area (Å²) >= 11 is 6.00. The molecule has 0 fully saturated rings. The zero-order valence-corrected chi connectivity index (χ0v) is 11.7. The Morgan fingerprint density at radius 1 is 1.44 bits per heavy atom. The van der Waals surface area contributed by atoms with Crippen LogP contribution in [0, 0.1) is 6.92 Å². The highest BCUT2D eigenvalue weighted by molar-refractivity contribution is 6.30. The fourth-order valence-electron chi connectivity index (χ4n) is 2.17. The number of aryl methyl sites for hydroxylation is 2. The molecule has 1 unspecified atom stereocenters. The number of halogens is 1. The van der Waals surface area contributed by atoms with Crippen molar-refractivity contribution < 1.29 is 0 Å². The lowest BCUT2D eigenvalue weighted by Crippen LogP contribution is -2.21. The summed E-state index contributed by atoms with van der Waals surface area (Å²) in [6.07, 6.45) is 4.66. The molecule has 4 heteroatoms. The lowest BCUT2D eigenvalue weighted by molar-refractivity contribution is 0.561. The van der Waals surface area contributed by atoms with Crippen LogP contribution in [0.5, 0.6) is 0 Å². The van der Waals surface area contributed by atoms with Gasteiger partial charge in [0.05, 0.1) is 0 Å². The summed E-state index contributed by atoms with van der Waals surface area (Å²) in [4.78, 5) is 4.37. The summed E-state index contributed by atoms with van der Waals surface area (Å²) in [5.41, 5.74) is 2.47. The van der Waals surface area contributed by atoms with E-state index in [9.17, 15) is 0 Å². The van der Waals surface area contributed by atoms with Crippen molar-refractivity contribution in [3.8, 4) is 0 Å². The number of hydrogen-bond acceptors (Lipinski definition) is 2. The van der Waals surface area contributed by atoms with Crippen LogP contribution in [0.15, 0.2) is 30.6 Å². The van der Waals surface area contributed by atoms with Crippen LogP contribution >= 0.6 is 11.6 Å². The second kappa shape index (κ2) is 5.55. The zero-order valence-electron chi connectivity index (χ0n) is 10.9. The third-order valence-electron chi connectivity index (χ3n) is 3.26. The van der Waals surface area contributed by atoms with Gasteiger partial charge in [-0.2, -0.15) is 0 Å². The van der Waals surface area contributed by atoms with Crippen molar-refractivity contribution in [2.24, 2.45) is 7.05 Å². The first kappa shape index (κ1) is 13.1. The Hall–Kier alpha value is -1.32. The standard InChI is InChI=1S/C14H18ClN3/c1-10-8-11(15)4-5-12(10)13(16-2)9-14-17-6-7-18(14)3/h4-8,13,16H,9H2,1-3H3. The van der Waals surface area contributed by atoms with Crippen molar-refractivity contribution in [3.05, 3.63) is 52.6 Å². The first-order chi connectivity index (χ1) is 8.61. The molecule has 1 atom stereocenters. The monoisotopic (exact) mass is 263 g/mol. The Morgan fingerprint density at radius 3 is 2.78 bits per heavy atom. The van der Waals surface area contributed by atoms with Gasteiger partial charge in [-0.1, -0.05) is 17.7 Å². The molecule has 18 heavy (non-hydrogen) atoms. The van der Waals surface area contributed by atoms with Crippen LogP contribution in [-0.2, 0) is 13.5 Å². The summed E-state index contributed by atoms with van der Waals surface area (Å²) in [7, 11) is 3.99. The maximum Gasteiger partial charge on any atom is 0.110 e. The van der Waals surface area contributed by atoms with E-state index >= 15 is 0 Å². The van der Waals surface area contributed by atoms with Crippen LogP contribution in [0.2, 0.25) is 5.02 Å². The predicted octanol–water partition coefficient (Wildman–Crippen LogP) is 2.89. The van der Waals surface area contributed by atoms with E-state index in [-0.39, 0.29) is 6.04 Å². The molecule has 0 spiro atoms. The van der Waals surface area contributed by atoms with Gasteiger partial charge in [0.1, 0.15) is 5.82 Å². The largest absolute Gasteiger partial charge is 0.338 e. The van der Waals surface area contributed by atoms with Gasteiger partial charge >= 0.3 is 0 Å². The topological polar surface area (TPSA) is 29.9 Å². The van der Waals surface area contributed by atoms with Gasteiger partial charge < -0.3 is 9.88 Å². The van der Waals surface area contributed by atoms with E-state index in [0.29, 0.717) is 0 Å². The molecule has 0 radical (unpaired) electrons. The van der Waals surface area contributed by atoms with Crippen LogP contribution < -0.4 is 5.32 Å². The van der Waals surface area contributed by atoms with Crippen LogP contribution in [0.25, 0.3) is 0 Å². The smallest absolute Gasteiger partial charge is 0.110 e. The summed E-state index contributed by atoms with van der Waals surface area (Å²) in [6.45, 7) is 2.09. The van der Waals surface area contributed by atoms with E-state index < -0.39 is 0 Å². The van der Waals surface area contributed by atoms with Gasteiger partial charge in [-0.25, -0.2) is 4.98 Å². The van der Waals surface area contributed by atoms with Crippen molar-refractivity contribution in [1.82, 2.24) is 14.9 Å². The lowest BCUT2D eigenvalue weighted by atomic mass is 9.98. The summed E-state index contributed by atoms with van der Waals surface area (Å²) in [6, 6.07) is 6.28. The van der Waals surface area contributed by atoms with Gasteiger partial charge in [0.15, 0.2) is 0 Å². The molecule has 0 aliphatic rings. The number of nitrogens with one attached hydrogen (secondary N) is 1. The van der Waals surface area contributed by atoms with Crippen molar-refractivity contribution in [2.75, 3.05) is 7.05 Å². The molecule has 0 amide bonds. The highest BCUT2D eigenvalue weighted by Crippen LogP contribution is 2.23. The number of hydrogen-bond donors (Lipinski definition) is 1. The van der Waals surface area contributed by atoms with Gasteiger partial charge in [-0.3, -0.25) is 0 Å². The molecular formula is C14H18ClN3. The van der Waals surface area contributed by atoms with Crippen LogP contribution in [-0.4, -0.2) is 16.6 Å². The Bertz CT molecular complexity index is 534. The van der Waals surface area contributed by atoms with E-state index in [1.165, 1.54) is 11.1 Å². The van der Waals surface area contributed by atoms with E-state index in [1.807, 2.05) is 38.6 Å². The Kier molecular flexibility index (Phi) is 4.04. The molecule has 2 aromatic rings. The van der Waals surface area contributed by atoms with E-state index in [1.54, 1.807) is 0 Å². The summed E-state index contributed by atoms with van der Waals surface area (Å²) in [5, 5.41) is 4.13. The molecular weight excluding hydrogens is 246 g/mol. The minimum Gasteiger partial charge on any atom is -0.338 e. The second-order valence-electron chi connectivity index (χ2n) is 4.50. The first-order valence-electron chi connectivity index (χ1n) is 6.01. The fraction of sp³-hybridized carbons (Fsp3) is 0.357. The van der Waals surface area contributed by atoms with Crippen LogP contribution in [0.3, 0.4) is 0 Å². The van der Waals surface area contributed by atoms with Crippen LogP contribution in [0.4, 0.5) is 0 Å². The predicted molar refractivity (Wildman–Crippen MR) is 74.9 cm³/mol. The molecule has 3 nitrogen and oxygen atoms in total. The fourth-order valence-corrected chi connectivity index (χ4v) is 2.40. The molecule has 1 aromatic carbocycles. The van der Waals surface area contributed by atoms with Gasteiger partial charge in [-0.05, 0) is 37.2 Å². The number of aromatic nitrogens is 2. The van der Waals surface area contributed by atoms with Gasteiger partial charge in [0, 0.05) is 36.9 Å². The highest BCUT2D eigenvalue weighted by atomic mass is 35.5. The SMILES string of the molecule is CNC(Cc1nccn1C)c1ccc(Cl)cc1C. The molecule has 0 bridgehead atoms. The lowest BCUT2D eigenvalue weighted by Gasteiger charge is -2.19. The molecule has 0 saturated carbocycles. The van der Waals surface area contributed by atoms with E-state index in [0.717, 1.165) is 17.3 Å². The quantitative estimate of drug-likeness (QED) is 0.919. The van der Waals surface area contributed by atoms with Crippen molar-refractivity contribution in [3.63, 3.8) is 0 Å². The van der Waals surface area contributed by atoms with Gasteiger partial charge in [0.25, 0.3) is 0 Å². The van der Waals surface area contributed by atoms with E-state index in [2.05, 4.69) is 27.9 Å². The third-order valence-corrected chi connectivity index (χ3v) is 3.50. The Morgan fingerprint density at radius 2 is 2.22 bits per heavy atom. The average molecular weight is 264 g/mol. The molecule has 2 rings (SSSR count).